The molecule has 1 aromatic heterocycles. The fourth-order valence-electron chi connectivity index (χ4n) is 2.77. The lowest BCUT2D eigenvalue weighted by Crippen LogP contribution is -2.25. The summed E-state index contributed by atoms with van der Waals surface area (Å²) in [6.07, 6.45) is 2.34. The standard InChI is InChI=1S/C13H16N2/c1-14-9-7-11-10-5-3-4-6-12(10)15(2)13(11)8-9/h3-6,9,14H,7-8H2,1-2H3. The molecule has 0 aliphatic heterocycles. The highest BCUT2D eigenvalue weighted by Crippen LogP contribution is 2.31. The summed E-state index contributed by atoms with van der Waals surface area (Å²) >= 11 is 0. The molecule has 1 unspecified atom stereocenters. The Labute approximate surface area is 89.9 Å². The van der Waals surface area contributed by atoms with Crippen LogP contribution in [0.3, 0.4) is 0 Å². The van der Waals surface area contributed by atoms with E-state index in [1.54, 1.807) is 5.56 Å². The van der Waals surface area contributed by atoms with Crippen LogP contribution in [0.25, 0.3) is 10.9 Å². The summed E-state index contributed by atoms with van der Waals surface area (Å²) < 4.78 is 2.35. The Morgan fingerprint density at radius 2 is 2.07 bits per heavy atom. The van der Waals surface area contributed by atoms with Crippen molar-refractivity contribution < 1.29 is 0 Å². The average molecular weight is 200 g/mol. The molecule has 78 valence electrons. The van der Waals surface area contributed by atoms with Crippen LogP contribution in [0.1, 0.15) is 11.3 Å². The molecule has 2 nitrogen and oxygen atoms in total. The lowest BCUT2D eigenvalue weighted by atomic mass is 10.1. The smallest absolute Gasteiger partial charge is 0.0482 e. The second-order valence-corrected chi connectivity index (χ2v) is 4.40. The zero-order valence-electron chi connectivity index (χ0n) is 9.25. The number of benzene rings is 1. The molecule has 0 amide bonds. The van der Waals surface area contributed by atoms with Gasteiger partial charge < -0.3 is 9.88 Å². The summed E-state index contributed by atoms with van der Waals surface area (Å²) in [5.74, 6) is 0. The van der Waals surface area contributed by atoms with Crippen molar-refractivity contribution in [3.63, 3.8) is 0 Å². The van der Waals surface area contributed by atoms with Gasteiger partial charge in [-0.25, -0.2) is 0 Å². The summed E-state index contributed by atoms with van der Waals surface area (Å²) in [6.45, 7) is 0. The highest BCUT2D eigenvalue weighted by molar-refractivity contribution is 5.86. The molecule has 15 heavy (non-hydrogen) atoms. The van der Waals surface area contributed by atoms with E-state index in [4.69, 9.17) is 0 Å². The van der Waals surface area contributed by atoms with Crippen LogP contribution in [0, 0.1) is 0 Å². The topological polar surface area (TPSA) is 17.0 Å². The SMILES string of the molecule is CNC1Cc2c(n(C)c3ccccc23)C1. The second kappa shape index (κ2) is 3.11. The average Bonchev–Trinajstić information content (AvgIpc) is 2.80. The Morgan fingerprint density at radius 3 is 2.87 bits per heavy atom. The Bertz CT molecular complexity index is 510. The van der Waals surface area contributed by atoms with Crippen molar-refractivity contribution in [1.29, 1.82) is 0 Å². The summed E-state index contributed by atoms with van der Waals surface area (Å²) in [4.78, 5) is 0. The van der Waals surface area contributed by atoms with Crippen LogP contribution in [0.4, 0.5) is 0 Å². The van der Waals surface area contributed by atoms with E-state index in [0.29, 0.717) is 6.04 Å². The number of aryl methyl sites for hydroxylation is 1. The van der Waals surface area contributed by atoms with Crippen molar-refractivity contribution >= 4 is 10.9 Å². The maximum Gasteiger partial charge on any atom is 0.0482 e. The lowest BCUT2D eigenvalue weighted by molar-refractivity contribution is 0.585. The van der Waals surface area contributed by atoms with Crippen molar-refractivity contribution in [2.24, 2.45) is 7.05 Å². The molecule has 2 aromatic rings. The number of nitrogens with zero attached hydrogens (tertiary/aromatic N) is 1. The first kappa shape index (κ1) is 8.98. The summed E-state index contributed by atoms with van der Waals surface area (Å²) in [5, 5.41) is 4.81. The van der Waals surface area contributed by atoms with Gasteiger partial charge in [0.2, 0.25) is 0 Å². The molecule has 0 bridgehead atoms. The summed E-state index contributed by atoms with van der Waals surface area (Å²) in [6, 6.07) is 9.34. The van der Waals surface area contributed by atoms with Crippen molar-refractivity contribution in [1.82, 2.24) is 9.88 Å². The molecular weight excluding hydrogens is 184 g/mol. The van der Waals surface area contributed by atoms with Crippen LogP contribution in [-0.4, -0.2) is 17.7 Å². The van der Waals surface area contributed by atoms with Gasteiger partial charge in [-0.1, -0.05) is 18.2 Å². The highest BCUT2D eigenvalue weighted by Gasteiger charge is 2.25. The predicted octanol–water partition coefficient (Wildman–Crippen LogP) is 1.86. The number of likely N-dealkylation sites (N-methyl/N-ethyl adjacent to an activating group) is 1. The van der Waals surface area contributed by atoms with Crippen molar-refractivity contribution in [2.45, 2.75) is 18.9 Å². The van der Waals surface area contributed by atoms with Gasteiger partial charge in [-0.2, -0.15) is 0 Å². The lowest BCUT2D eigenvalue weighted by Gasteiger charge is -2.08. The van der Waals surface area contributed by atoms with Gasteiger partial charge in [0, 0.05) is 36.1 Å². The van der Waals surface area contributed by atoms with E-state index >= 15 is 0 Å². The molecule has 2 heteroatoms. The van der Waals surface area contributed by atoms with Crippen molar-refractivity contribution in [2.75, 3.05) is 7.05 Å². The third-order valence-corrected chi connectivity index (χ3v) is 3.64. The molecule has 1 aliphatic rings. The monoisotopic (exact) mass is 200 g/mol. The molecular formula is C13H16N2. The molecule has 0 saturated heterocycles. The zero-order valence-corrected chi connectivity index (χ0v) is 9.25. The maximum absolute atomic E-state index is 3.38. The summed E-state index contributed by atoms with van der Waals surface area (Å²) in [5.41, 5.74) is 4.43. The number of hydrogen-bond donors (Lipinski definition) is 1. The molecule has 0 radical (unpaired) electrons. The van der Waals surface area contributed by atoms with Crippen LogP contribution in [0.5, 0.6) is 0 Å². The second-order valence-electron chi connectivity index (χ2n) is 4.40. The Hall–Kier alpha value is -1.28. The van der Waals surface area contributed by atoms with E-state index in [2.05, 4.69) is 48.2 Å². The molecule has 0 saturated carbocycles. The fourth-order valence-corrected chi connectivity index (χ4v) is 2.77. The number of hydrogen-bond acceptors (Lipinski definition) is 1. The van der Waals surface area contributed by atoms with Gasteiger partial charge in [-0.15, -0.1) is 0 Å². The van der Waals surface area contributed by atoms with E-state index in [9.17, 15) is 0 Å². The summed E-state index contributed by atoms with van der Waals surface area (Å²) in [7, 11) is 4.23. The Balaban J connectivity index is 2.24. The first-order valence-electron chi connectivity index (χ1n) is 5.53. The number of nitrogens with one attached hydrogen (secondary N) is 1. The maximum atomic E-state index is 3.38. The zero-order chi connectivity index (χ0) is 10.4. The van der Waals surface area contributed by atoms with Crippen LogP contribution in [0.15, 0.2) is 24.3 Å². The predicted molar refractivity (Wildman–Crippen MR) is 63.2 cm³/mol. The van der Waals surface area contributed by atoms with E-state index in [1.165, 1.54) is 23.0 Å². The van der Waals surface area contributed by atoms with E-state index in [1.807, 2.05) is 0 Å². The van der Waals surface area contributed by atoms with Gasteiger partial charge in [-0.3, -0.25) is 0 Å². The first-order valence-corrected chi connectivity index (χ1v) is 5.53. The minimum atomic E-state index is 0.630. The molecule has 1 aromatic carbocycles. The number of rotatable bonds is 1. The van der Waals surface area contributed by atoms with Crippen LogP contribution in [0.2, 0.25) is 0 Å². The number of aromatic nitrogens is 1. The van der Waals surface area contributed by atoms with Crippen molar-refractivity contribution in [3.8, 4) is 0 Å². The number of fused-ring (bicyclic) bond motifs is 3. The van der Waals surface area contributed by atoms with Crippen molar-refractivity contribution in [3.05, 3.63) is 35.5 Å². The van der Waals surface area contributed by atoms with E-state index < -0.39 is 0 Å². The molecule has 0 fully saturated rings. The fraction of sp³-hybridized carbons (Fsp3) is 0.385. The van der Waals surface area contributed by atoms with Gasteiger partial charge in [0.05, 0.1) is 0 Å². The molecule has 0 spiro atoms. The van der Waals surface area contributed by atoms with E-state index in [0.717, 1.165) is 6.42 Å². The minimum absolute atomic E-state index is 0.630. The minimum Gasteiger partial charge on any atom is -0.347 e. The van der Waals surface area contributed by atoms with Gasteiger partial charge in [0.15, 0.2) is 0 Å². The highest BCUT2D eigenvalue weighted by atomic mass is 15.0. The van der Waals surface area contributed by atoms with Gasteiger partial charge in [0.25, 0.3) is 0 Å². The molecule has 1 aliphatic carbocycles. The number of para-hydroxylation sites is 1. The Morgan fingerprint density at radius 1 is 1.27 bits per heavy atom. The van der Waals surface area contributed by atoms with Gasteiger partial charge in [-0.05, 0) is 25.1 Å². The van der Waals surface area contributed by atoms with Crippen LogP contribution in [-0.2, 0) is 19.9 Å². The molecule has 1 atom stereocenters. The largest absolute Gasteiger partial charge is 0.347 e. The Kier molecular flexibility index (Phi) is 1.86. The van der Waals surface area contributed by atoms with Crippen LogP contribution < -0.4 is 5.32 Å². The van der Waals surface area contributed by atoms with Gasteiger partial charge >= 0.3 is 0 Å². The van der Waals surface area contributed by atoms with Gasteiger partial charge in [0.1, 0.15) is 0 Å². The third-order valence-electron chi connectivity index (χ3n) is 3.64. The van der Waals surface area contributed by atoms with E-state index in [-0.39, 0.29) is 0 Å². The third kappa shape index (κ3) is 1.15. The van der Waals surface area contributed by atoms with Crippen LogP contribution >= 0.6 is 0 Å². The molecule has 3 rings (SSSR count). The normalized spacial score (nSPS) is 19.7. The quantitative estimate of drug-likeness (QED) is 0.743. The molecule has 1 heterocycles. The first-order chi connectivity index (χ1) is 7.31. The molecule has 1 N–H and O–H groups in total.